The van der Waals surface area contributed by atoms with Crippen molar-refractivity contribution in [2.45, 2.75) is 25.2 Å². The Morgan fingerprint density at radius 2 is 2.07 bits per heavy atom. The number of hydrogen-bond acceptors (Lipinski definition) is 5. The first-order valence-corrected chi connectivity index (χ1v) is 8.38. The molecule has 0 unspecified atom stereocenters. The molecule has 142 valence electrons. The zero-order chi connectivity index (χ0) is 19.2. The highest BCUT2D eigenvalue weighted by molar-refractivity contribution is 6.30. The van der Waals surface area contributed by atoms with Crippen LogP contribution < -0.4 is 18.9 Å². The van der Waals surface area contributed by atoms with Gasteiger partial charge in [-0.05, 0) is 12.1 Å². The first kappa shape index (κ1) is 17.7. The second-order valence-corrected chi connectivity index (χ2v) is 6.59. The van der Waals surface area contributed by atoms with Crippen LogP contribution in [0.2, 0.25) is 5.02 Å². The summed E-state index contributed by atoms with van der Waals surface area (Å²) in [4.78, 5) is 10.9. The molecule has 9 heteroatoms. The summed E-state index contributed by atoms with van der Waals surface area (Å²) in [6.45, 7) is 0.201. The van der Waals surface area contributed by atoms with Gasteiger partial charge < -0.3 is 24.1 Å². The third-order valence-corrected chi connectivity index (χ3v) is 4.44. The molecule has 0 saturated carbocycles. The molecule has 4 rings (SSSR count). The maximum absolute atomic E-state index is 13.3. The molecular weight excluding hydrogens is 386 g/mol. The Kier molecular flexibility index (Phi) is 4.22. The topological polar surface area (TPSA) is 74.2 Å². The number of benzene rings is 2. The monoisotopic (exact) mass is 398 g/mol. The number of halogens is 3. The molecule has 2 aliphatic heterocycles. The van der Waals surface area contributed by atoms with Gasteiger partial charge in [-0.2, -0.15) is 0 Å². The molecule has 0 aliphatic carbocycles. The summed E-state index contributed by atoms with van der Waals surface area (Å²) in [5.41, 5.74) is 1.10. The zero-order valence-corrected chi connectivity index (χ0v) is 14.5. The van der Waals surface area contributed by atoms with Crippen LogP contribution in [0.3, 0.4) is 0 Å². The highest BCUT2D eigenvalue weighted by Crippen LogP contribution is 2.45. The minimum Gasteiger partial charge on any atom is -0.492 e. The van der Waals surface area contributed by atoms with Crippen LogP contribution in [0.15, 0.2) is 30.3 Å². The maximum atomic E-state index is 13.3. The number of carbonyl (C=O) groups is 1. The summed E-state index contributed by atoms with van der Waals surface area (Å²) in [5.74, 6) is -0.408. The Morgan fingerprint density at radius 3 is 2.85 bits per heavy atom. The van der Waals surface area contributed by atoms with E-state index in [9.17, 15) is 13.6 Å². The highest BCUT2D eigenvalue weighted by atomic mass is 35.5. The van der Waals surface area contributed by atoms with Crippen molar-refractivity contribution < 1.29 is 37.6 Å². The number of aliphatic carboxylic acids is 1. The van der Waals surface area contributed by atoms with Gasteiger partial charge >= 0.3 is 12.3 Å². The molecule has 2 aliphatic rings. The first-order chi connectivity index (χ1) is 12.8. The standard InChI is InChI=1S/C18H13ClF2O6/c19-11-3-10(17-15(5-11)26-18(20,21)27-17)8-24-12-1-2-13-9(4-16(22)23)7-25-14(13)6-12/h1-3,5-6,9H,4,7-8H2,(H,22,23)/t9-/m1/s1. The summed E-state index contributed by atoms with van der Waals surface area (Å²) < 4.78 is 46.7. The van der Waals surface area contributed by atoms with Crippen molar-refractivity contribution in [1.82, 2.24) is 0 Å². The third-order valence-electron chi connectivity index (χ3n) is 4.23. The molecule has 1 N–H and O–H groups in total. The van der Waals surface area contributed by atoms with Crippen LogP contribution in [-0.4, -0.2) is 24.0 Å². The largest absolute Gasteiger partial charge is 0.586 e. The van der Waals surface area contributed by atoms with Crippen molar-refractivity contribution in [2.75, 3.05) is 6.61 Å². The molecule has 6 nitrogen and oxygen atoms in total. The summed E-state index contributed by atoms with van der Waals surface area (Å²) in [7, 11) is 0. The van der Waals surface area contributed by atoms with Gasteiger partial charge in [0.25, 0.3) is 0 Å². The Bertz CT molecular complexity index is 917. The van der Waals surface area contributed by atoms with Gasteiger partial charge in [0, 0.05) is 34.2 Å². The Balaban J connectivity index is 1.50. The molecule has 1 atom stereocenters. The fourth-order valence-corrected chi connectivity index (χ4v) is 3.31. The molecule has 0 fully saturated rings. The molecular formula is C18H13ClF2O6. The number of alkyl halides is 2. The first-order valence-electron chi connectivity index (χ1n) is 8.00. The lowest BCUT2D eigenvalue weighted by Crippen LogP contribution is -2.26. The van der Waals surface area contributed by atoms with E-state index in [0.29, 0.717) is 17.1 Å². The number of carboxylic acid groups (broad SMARTS) is 1. The van der Waals surface area contributed by atoms with Gasteiger partial charge in [0.1, 0.15) is 18.1 Å². The van der Waals surface area contributed by atoms with Gasteiger partial charge in [0.15, 0.2) is 11.5 Å². The lowest BCUT2D eigenvalue weighted by molar-refractivity contribution is -0.287. The molecule has 2 aromatic rings. The fraction of sp³-hybridized carbons (Fsp3) is 0.278. The molecule has 0 amide bonds. The predicted octanol–water partition coefficient (Wildman–Crippen LogP) is 4.19. The molecule has 0 radical (unpaired) electrons. The zero-order valence-electron chi connectivity index (χ0n) is 13.7. The quantitative estimate of drug-likeness (QED) is 0.814. The van der Waals surface area contributed by atoms with Crippen LogP contribution in [0.1, 0.15) is 23.5 Å². The van der Waals surface area contributed by atoms with Crippen molar-refractivity contribution in [3.8, 4) is 23.0 Å². The molecule has 0 bridgehead atoms. The van der Waals surface area contributed by atoms with Crippen molar-refractivity contribution in [3.63, 3.8) is 0 Å². The molecule has 0 aromatic heterocycles. The maximum Gasteiger partial charge on any atom is 0.586 e. The highest BCUT2D eigenvalue weighted by Gasteiger charge is 2.44. The van der Waals surface area contributed by atoms with E-state index in [1.165, 1.54) is 12.1 Å². The number of carboxylic acids is 1. The average molecular weight is 399 g/mol. The van der Waals surface area contributed by atoms with E-state index in [-0.39, 0.29) is 42.1 Å². The molecule has 2 heterocycles. The molecule has 0 saturated heterocycles. The molecule has 0 spiro atoms. The van der Waals surface area contributed by atoms with Crippen LogP contribution in [0, 0.1) is 0 Å². The van der Waals surface area contributed by atoms with Gasteiger partial charge in [-0.25, -0.2) is 0 Å². The van der Waals surface area contributed by atoms with Crippen molar-refractivity contribution >= 4 is 17.6 Å². The van der Waals surface area contributed by atoms with Crippen molar-refractivity contribution in [1.29, 1.82) is 0 Å². The Morgan fingerprint density at radius 1 is 1.26 bits per heavy atom. The second kappa shape index (κ2) is 6.45. The van der Waals surface area contributed by atoms with Crippen LogP contribution in [-0.2, 0) is 11.4 Å². The van der Waals surface area contributed by atoms with Gasteiger partial charge in [-0.15, -0.1) is 8.78 Å². The van der Waals surface area contributed by atoms with E-state index in [2.05, 4.69) is 9.47 Å². The normalized spacial score (nSPS) is 18.7. The summed E-state index contributed by atoms with van der Waals surface area (Å²) in [6.07, 6.45) is -3.77. The summed E-state index contributed by atoms with van der Waals surface area (Å²) in [5, 5.41) is 9.14. The Hall–Kier alpha value is -2.74. The van der Waals surface area contributed by atoms with Crippen LogP contribution >= 0.6 is 11.6 Å². The number of ether oxygens (including phenoxy) is 4. The van der Waals surface area contributed by atoms with E-state index < -0.39 is 12.3 Å². The molecule has 27 heavy (non-hydrogen) atoms. The predicted molar refractivity (Wildman–Crippen MR) is 88.9 cm³/mol. The van der Waals surface area contributed by atoms with E-state index in [1.54, 1.807) is 18.2 Å². The lowest BCUT2D eigenvalue weighted by Gasteiger charge is -2.11. The van der Waals surface area contributed by atoms with E-state index in [1.807, 2.05) is 0 Å². The summed E-state index contributed by atoms with van der Waals surface area (Å²) in [6, 6.07) is 7.74. The van der Waals surface area contributed by atoms with Crippen LogP contribution in [0.4, 0.5) is 8.78 Å². The van der Waals surface area contributed by atoms with Gasteiger partial charge in [-0.3, -0.25) is 4.79 Å². The average Bonchev–Trinajstić information content (AvgIpc) is 3.11. The summed E-state index contributed by atoms with van der Waals surface area (Å²) >= 11 is 5.93. The van der Waals surface area contributed by atoms with Gasteiger partial charge in [0.05, 0.1) is 13.0 Å². The van der Waals surface area contributed by atoms with Crippen LogP contribution in [0.5, 0.6) is 23.0 Å². The number of rotatable bonds is 5. The Labute approximate surface area is 157 Å². The van der Waals surface area contributed by atoms with Gasteiger partial charge in [0.2, 0.25) is 0 Å². The van der Waals surface area contributed by atoms with Crippen LogP contribution in [0.25, 0.3) is 0 Å². The van der Waals surface area contributed by atoms with Gasteiger partial charge in [-0.1, -0.05) is 17.7 Å². The lowest BCUT2D eigenvalue weighted by atomic mass is 9.98. The smallest absolute Gasteiger partial charge is 0.492 e. The minimum absolute atomic E-state index is 0.0204. The third kappa shape index (κ3) is 3.57. The SMILES string of the molecule is O=C(O)C[C@@H]1COc2cc(OCc3cc(Cl)cc4c3OC(F)(F)O4)ccc21. The van der Waals surface area contributed by atoms with E-state index in [4.69, 9.17) is 26.2 Å². The van der Waals surface area contributed by atoms with Crippen molar-refractivity contribution in [3.05, 3.63) is 46.5 Å². The number of fused-ring (bicyclic) bond motifs is 2. The number of hydrogen-bond donors (Lipinski definition) is 1. The second-order valence-electron chi connectivity index (χ2n) is 6.15. The van der Waals surface area contributed by atoms with Crippen molar-refractivity contribution in [2.24, 2.45) is 0 Å². The molecule has 2 aromatic carbocycles. The fourth-order valence-electron chi connectivity index (χ4n) is 3.08. The minimum atomic E-state index is -3.75. The van der Waals surface area contributed by atoms with E-state index >= 15 is 0 Å². The van der Waals surface area contributed by atoms with E-state index in [0.717, 1.165) is 5.56 Å².